The first kappa shape index (κ1) is 38.5. The third kappa shape index (κ3) is 12.8. The fourth-order valence-corrected chi connectivity index (χ4v) is 5.60. The number of hydrogen-bond acceptors (Lipinski definition) is 10. The van der Waals surface area contributed by atoms with Crippen LogP contribution in [-0.2, 0) is 18.9 Å². The summed E-state index contributed by atoms with van der Waals surface area (Å²) in [6, 6.07) is 33.3. The molecule has 0 N–H and O–H groups in total. The van der Waals surface area contributed by atoms with Gasteiger partial charge >= 0.3 is 0 Å². The summed E-state index contributed by atoms with van der Waals surface area (Å²) in [5, 5.41) is 0. The molecule has 0 spiro atoms. The second-order valence-corrected chi connectivity index (χ2v) is 12.9. The van der Waals surface area contributed by atoms with Crippen LogP contribution >= 0.6 is 0 Å². The summed E-state index contributed by atoms with van der Waals surface area (Å²) in [5.41, 5.74) is 8.50. The first-order valence-electron chi connectivity index (χ1n) is 18.1. The Hall–Kier alpha value is -4.74. The summed E-state index contributed by atoms with van der Waals surface area (Å²) in [6.07, 6.45) is 3.80. The van der Waals surface area contributed by atoms with Gasteiger partial charge in [-0.3, -0.25) is 9.98 Å². The standard InChI is InChI=1S/C42H54N6O4/c1-45(2)39-13-5-35(6-14-39)33-43-37-9-17-41(18-10-37)47-21-25-49-29-31-51-27-23-48(24-28-52-32-30-50-26-22-47)42-19-11-38(12-20-42)44-34-36-7-15-40(16-8-36)46(3)4/h5-20,33-34H,21-32H2,1-4H3. The van der Waals surface area contributed by atoms with Crippen molar-refractivity contribution in [3.05, 3.63) is 108 Å². The van der Waals surface area contributed by atoms with E-state index in [1.165, 1.54) is 11.4 Å². The predicted octanol–water partition coefficient (Wildman–Crippen LogP) is 6.71. The Morgan fingerprint density at radius 2 is 0.731 bits per heavy atom. The molecule has 5 rings (SSSR count). The van der Waals surface area contributed by atoms with Crippen molar-refractivity contribution >= 4 is 46.6 Å². The number of ether oxygens (including phenoxy) is 4. The van der Waals surface area contributed by atoms with Crippen LogP contribution in [-0.4, -0.2) is 120 Å². The SMILES string of the molecule is CN(C)c1ccc(C=Nc2ccc(N3CCOCCOCCN(c4ccc(N=Cc5ccc(N(C)C)cc5)cc4)CCOCCOCC3)cc2)cc1. The highest BCUT2D eigenvalue weighted by Gasteiger charge is 2.10. The molecule has 0 aromatic heterocycles. The van der Waals surface area contributed by atoms with Gasteiger partial charge in [0.05, 0.1) is 64.2 Å². The Labute approximate surface area is 309 Å². The second kappa shape index (κ2) is 20.9. The quantitative estimate of drug-likeness (QED) is 0.187. The van der Waals surface area contributed by atoms with Gasteiger partial charge in [-0.05, 0) is 83.9 Å². The average Bonchev–Trinajstić information content (AvgIpc) is 3.17. The molecule has 276 valence electrons. The number of anilines is 4. The van der Waals surface area contributed by atoms with E-state index in [1.807, 2.05) is 64.9 Å². The fourth-order valence-electron chi connectivity index (χ4n) is 5.60. The molecular weight excluding hydrogens is 653 g/mol. The molecule has 0 aliphatic carbocycles. The number of rotatable bonds is 8. The first-order chi connectivity index (χ1) is 25.4. The van der Waals surface area contributed by atoms with Crippen LogP contribution in [0.1, 0.15) is 11.1 Å². The summed E-state index contributed by atoms with van der Waals surface area (Å²) in [7, 11) is 8.15. The number of benzene rings is 4. The molecular formula is C42H54N6O4. The molecule has 1 fully saturated rings. The van der Waals surface area contributed by atoms with Gasteiger partial charge in [0.25, 0.3) is 0 Å². The van der Waals surface area contributed by atoms with Crippen molar-refractivity contribution in [2.45, 2.75) is 0 Å². The van der Waals surface area contributed by atoms with Gasteiger partial charge in [0.15, 0.2) is 0 Å². The van der Waals surface area contributed by atoms with E-state index in [0.717, 1.165) is 60.1 Å². The van der Waals surface area contributed by atoms with E-state index in [1.54, 1.807) is 0 Å². The van der Waals surface area contributed by atoms with E-state index in [-0.39, 0.29) is 0 Å². The highest BCUT2D eigenvalue weighted by Crippen LogP contribution is 2.22. The summed E-state index contributed by atoms with van der Waals surface area (Å²) >= 11 is 0. The third-order valence-corrected chi connectivity index (χ3v) is 8.74. The van der Waals surface area contributed by atoms with Gasteiger partial charge in [-0.1, -0.05) is 24.3 Å². The monoisotopic (exact) mass is 706 g/mol. The lowest BCUT2D eigenvalue weighted by atomic mass is 10.2. The Balaban J connectivity index is 1.09. The Bertz CT molecular complexity index is 1500. The van der Waals surface area contributed by atoms with E-state index in [9.17, 15) is 0 Å². The zero-order valence-electron chi connectivity index (χ0n) is 31.2. The van der Waals surface area contributed by atoms with Gasteiger partial charge in [0.2, 0.25) is 0 Å². The van der Waals surface area contributed by atoms with Gasteiger partial charge in [-0.2, -0.15) is 0 Å². The van der Waals surface area contributed by atoms with E-state index in [0.29, 0.717) is 52.9 Å². The maximum absolute atomic E-state index is 5.98. The molecule has 1 heterocycles. The smallest absolute Gasteiger partial charge is 0.0701 e. The lowest BCUT2D eigenvalue weighted by molar-refractivity contribution is 0.0436. The van der Waals surface area contributed by atoms with Crippen molar-refractivity contribution in [1.82, 2.24) is 0 Å². The summed E-state index contributed by atoms with van der Waals surface area (Å²) in [4.78, 5) is 18.1. The molecule has 0 saturated carbocycles. The van der Waals surface area contributed by atoms with E-state index < -0.39 is 0 Å². The van der Waals surface area contributed by atoms with Gasteiger partial charge in [-0.15, -0.1) is 0 Å². The topological polar surface area (TPSA) is 74.6 Å². The molecule has 0 bridgehead atoms. The maximum Gasteiger partial charge on any atom is 0.0701 e. The lowest BCUT2D eigenvalue weighted by Crippen LogP contribution is -2.33. The highest BCUT2D eigenvalue weighted by molar-refractivity contribution is 5.83. The second-order valence-electron chi connectivity index (χ2n) is 12.9. The van der Waals surface area contributed by atoms with Crippen LogP contribution in [0.4, 0.5) is 34.1 Å². The van der Waals surface area contributed by atoms with E-state index in [2.05, 4.69) is 102 Å². The largest absolute Gasteiger partial charge is 0.378 e. The van der Waals surface area contributed by atoms with Crippen LogP contribution in [0, 0.1) is 0 Å². The zero-order valence-corrected chi connectivity index (χ0v) is 31.2. The van der Waals surface area contributed by atoms with Crippen molar-refractivity contribution in [3.63, 3.8) is 0 Å². The molecule has 0 amide bonds. The zero-order chi connectivity index (χ0) is 36.4. The molecule has 1 aliphatic rings. The van der Waals surface area contributed by atoms with Gasteiger partial charge in [0.1, 0.15) is 0 Å². The molecule has 0 atom stereocenters. The number of hydrogen-bond donors (Lipinski definition) is 0. The first-order valence-corrected chi connectivity index (χ1v) is 18.1. The van der Waals surface area contributed by atoms with Crippen molar-refractivity contribution in [2.24, 2.45) is 9.98 Å². The van der Waals surface area contributed by atoms with Crippen LogP contribution < -0.4 is 19.6 Å². The fraction of sp³-hybridized carbons (Fsp3) is 0.381. The molecule has 4 aromatic rings. The van der Waals surface area contributed by atoms with Crippen LogP contribution in [0.2, 0.25) is 0 Å². The molecule has 0 unspecified atom stereocenters. The van der Waals surface area contributed by atoms with Crippen molar-refractivity contribution < 1.29 is 18.9 Å². The molecule has 1 aliphatic heterocycles. The highest BCUT2D eigenvalue weighted by atomic mass is 16.5. The molecule has 52 heavy (non-hydrogen) atoms. The van der Waals surface area contributed by atoms with Crippen molar-refractivity contribution in [3.8, 4) is 0 Å². The van der Waals surface area contributed by atoms with Gasteiger partial charge < -0.3 is 38.5 Å². The van der Waals surface area contributed by atoms with Gasteiger partial charge in [0, 0.05) is 89.5 Å². The Kier molecular flexibility index (Phi) is 15.5. The van der Waals surface area contributed by atoms with Crippen LogP contribution in [0.25, 0.3) is 0 Å². The minimum absolute atomic E-state index is 0.543. The summed E-state index contributed by atoms with van der Waals surface area (Å²) in [6.45, 7) is 7.54. The molecule has 4 aromatic carbocycles. The maximum atomic E-state index is 5.98. The third-order valence-electron chi connectivity index (χ3n) is 8.74. The molecule has 10 heteroatoms. The predicted molar refractivity (Wildman–Crippen MR) is 217 cm³/mol. The Morgan fingerprint density at radius 1 is 0.423 bits per heavy atom. The molecule has 1 saturated heterocycles. The number of aliphatic imine (C=N–C) groups is 2. The normalized spacial score (nSPS) is 16.2. The average molecular weight is 707 g/mol. The van der Waals surface area contributed by atoms with Crippen LogP contribution in [0.5, 0.6) is 0 Å². The van der Waals surface area contributed by atoms with Crippen LogP contribution in [0.15, 0.2) is 107 Å². The van der Waals surface area contributed by atoms with Crippen molar-refractivity contribution in [1.29, 1.82) is 0 Å². The molecule has 10 nitrogen and oxygen atoms in total. The summed E-state index contributed by atoms with van der Waals surface area (Å²) in [5.74, 6) is 0. The molecule has 0 radical (unpaired) electrons. The minimum Gasteiger partial charge on any atom is -0.378 e. The van der Waals surface area contributed by atoms with E-state index in [4.69, 9.17) is 18.9 Å². The lowest BCUT2D eigenvalue weighted by Gasteiger charge is -2.26. The van der Waals surface area contributed by atoms with Crippen LogP contribution in [0.3, 0.4) is 0 Å². The van der Waals surface area contributed by atoms with Crippen molar-refractivity contribution in [2.75, 3.05) is 127 Å². The van der Waals surface area contributed by atoms with E-state index >= 15 is 0 Å². The number of nitrogens with zero attached hydrogens (tertiary/aromatic N) is 6. The minimum atomic E-state index is 0.543. The van der Waals surface area contributed by atoms with Gasteiger partial charge in [-0.25, -0.2) is 0 Å². The Morgan fingerprint density at radius 3 is 1.02 bits per heavy atom. The summed E-state index contributed by atoms with van der Waals surface area (Å²) < 4.78 is 23.9.